The van der Waals surface area contributed by atoms with Gasteiger partial charge in [0.2, 0.25) is 5.91 Å². The van der Waals surface area contributed by atoms with E-state index >= 15 is 0 Å². The van der Waals surface area contributed by atoms with Gasteiger partial charge in [-0.05, 0) is 25.1 Å². The molecule has 1 aliphatic heterocycles. The fraction of sp³-hybridized carbons (Fsp3) is 0.500. The third kappa shape index (κ3) is 5.94. The summed E-state index contributed by atoms with van der Waals surface area (Å²) in [5, 5.41) is 12.2. The lowest BCUT2D eigenvalue weighted by molar-refractivity contribution is -0.119. The van der Waals surface area contributed by atoms with Gasteiger partial charge < -0.3 is 15.0 Å². The lowest BCUT2D eigenvalue weighted by atomic mass is 10.2. The minimum absolute atomic E-state index is 0.192. The van der Waals surface area contributed by atoms with Crippen molar-refractivity contribution in [3.8, 4) is 0 Å². The molecule has 1 heterocycles. The fourth-order valence-corrected chi connectivity index (χ4v) is 2.96. The lowest BCUT2D eigenvalue weighted by Crippen LogP contribution is -2.47. The van der Waals surface area contributed by atoms with E-state index in [1.165, 1.54) is 30.4 Å². The summed E-state index contributed by atoms with van der Waals surface area (Å²) in [5.74, 6) is -0.730. The van der Waals surface area contributed by atoms with Crippen LogP contribution in [0, 0.1) is 5.82 Å². The second-order valence-corrected chi connectivity index (χ2v) is 6.65. The van der Waals surface area contributed by atoms with E-state index in [2.05, 4.69) is 10.7 Å². The maximum Gasteiger partial charge on any atom is 0.414 e. The van der Waals surface area contributed by atoms with Gasteiger partial charge in [0.25, 0.3) is 0 Å². The SMILES string of the molecule is CCN(CCNN(C)C(=O)NO)c1ccc(N2C[C@H](CNC(C)=O)OC2=O)cc1F. The Morgan fingerprint density at radius 3 is 2.73 bits per heavy atom. The van der Waals surface area contributed by atoms with Crippen LogP contribution in [0.25, 0.3) is 0 Å². The Bertz CT molecular complexity index is 779. The lowest BCUT2D eigenvalue weighted by Gasteiger charge is -2.26. The van der Waals surface area contributed by atoms with Gasteiger partial charge in [-0.2, -0.15) is 0 Å². The first-order chi connectivity index (χ1) is 14.3. The van der Waals surface area contributed by atoms with E-state index < -0.39 is 24.0 Å². The van der Waals surface area contributed by atoms with Crippen LogP contribution < -0.4 is 26.0 Å². The fourth-order valence-electron chi connectivity index (χ4n) is 2.96. The van der Waals surface area contributed by atoms with Crippen molar-refractivity contribution < 1.29 is 28.7 Å². The topological polar surface area (TPSA) is 126 Å². The van der Waals surface area contributed by atoms with Gasteiger partial charge in [-0.1, -0.05) is 0 Å². The van der Waals surface area contributed by atoms with Gasteiger partial charge >= 0.3 is 12.1 Å². The molecule has 1 fully saturated rings. The van der Waals surface area contributed by atoms with Crippen LogP contribution in [0.1, 0.15) is 13.8 Å². The minimum Gasteiger partial charge on any atom is -0.442 e. The molecular formula is C18H27FN6O5. The number of rotatable bonds is 9. The molecule has 0 bridgehead atoms. The molecule has 0 unspecified atom stereocenters. The molecule has 4 N–H and O–H groups in total. The van der Waals surface area contributed by atoms with Crippen molar-refractivity contribution in [1.82, 2.24) is 21.2 Å². The zero-order valence-corrected chi connectivity index (χ0v) is 17.1. The highest BCUT2D eigenvalue weighted by molar-refractivity contribution is 5.90. The number of amides is 4. The number of hydrazine groups is 1. The molecule has 2 rings (SSSR count). The first-order valence-electron chi connectivity index (χ1n) is 9.45. The molecule has 4 amide bonds. The van der Waals surface area contributed by atoms with Crippen molar-refractivity contribution in [2.75, 3.05) is 49.6 Å². The summed E-state index contributed by atoms with van der Waals surface area (Å²) >= 11 is 0. The van der Waals surface area contributed by atoms with Gasteiger partial charge in [0.1, 0.15) is 11.9 Å². The molecule has 0 spiro atoms. The molecule has 11 nitrogen and oxygen atoms in total. The Morgan fingerprint density at radius 2 is 2.13 bits per heavy atom. The molecule has 1 aliphatic rings. The number of nitrogens with zero attached hydrogens (tertiary/aromatic N) is 3. The highest BCUT2D eigenvalue weighted by atomic mass is 19.1. The van der Waals surface area contributed by atoms with Crippen LogP contribution in [0.4, 0.5) is 25.4 Å². The molecule has 1 atom stereocenters. The summed E-state index contributed by atoms with van der Waals surface area (Å²) < 4.78 is 20.0. The minimum atomic E-state index is -0.720. The molecule has 0 aromatic heterocycles. The molecule has 0 aliphatic carbocycles. The monoisotopic (exact) mass is 426 g/mol. The maximum absolute atomic E-state index is 14.8. The molecule has 1 aromatic carbocycles. The second-order valence-electron chi connectivity index (χ2n) is 6.65. The van der Waals surface area contributed by atoms with Crippen molar-refractivity contribution >= 4 is 29.4 Å². The summed E-state index contributed by atoms with van der Waals surface area (Å²) in [6, 6.07) is 3.75. The zero-order chi connectivity index (χ0) is 22.3. The number of cyclic esters (lactones) is 1. The molecule has 12 heteroatoms. The number of benzene rings is 1. The van der Waals surface area contributed by atoms with E-state index in [0.29, 0.717) is 31.0 Å². The van der Waals surface area contributed by atoms with Crippen molar-refractivity contribution in [2.45, 2.75) is 20.0 Å². The Balaban J connectivity index is 2.00. The predicted octanol–water partition coefficient (Wildman–Crippen LogP) is 0.649. The third-order valence-corrected chi connectivity index (χ3v) is 4.55. The van der Waals surface area contributed by atoms with Gasteiger partial charge in [-0.3, -0.25) is 19.9 Å². The Morgan fingerprint density at radius 1 is 1.40 bits per heavy atom. The van der Waals surface area contributed by atoms with Crippen molar-refractivity contribution in [2.24, 2.45) is 0 Å². The Labute approximate surface area is 173 Å². The number of anilines is 2. The van der Waals surface area contributed by atoms with Gasteiger partial charge in [0.15, 0.2) is 0 Å². The van der Waals surface area contributed by atoms with Crippen LogP contribution in [0.5, 0.6) is 0 Å². The third-order valence-electron chi connectivity index (χ3n) is 4.55. The average molecular weight is 426 g/mol. The molecule has 0 saturated carbocycles. The smallest absolute Gasteiger partial charge is 0.414 e. The zero-order valence-electron chi connectivity index (χ0n) is 17.1. The summed E-state index contributed by atoms with van der Waals surface area (Å²) in [4.78, 5) is 37.4. The van der Waals surface area contributed by atoms with Crippen LogP contribution in [-0.2, 0) is 9.53 Å². The first-order valence-corrected chi connectivity index (χ1v) is 9.45. The van der Waals surface area contributed by atoms with Gasteiger partial charge in [-0.15, -0.1) is 0 Å². The van der Waals surface area contributed by atoms with E-state index in [9.17, 15) is 18.8 Å². The summed E-state index contributed by atoms with van der Waals surface area (Å²) in [5.41, 5.74) is 4.98. The normalized spacial score (nSPS) is 15.6. The van der Waals surface area contributed by atoms with E-state index in [0.717, 1.165) is 5.01 Å². The van der Waals surface area contributed by atoms with Crippen LogP contribution >= 0.6 is 0 Å². The van der Waals surface area contributed by atoms with Crippen LogP contribution in [0.15, 0.2) is 18.2 Å². The van der Waals surface area contributed by atoms with Crippen LogP contribution in [-0.4, -0.2) is 74.1 Å². The number of halogens is 1. The number of hydrogen-bond donors (Lipinski definition) is 4. The van der Waals surface area contributed by atoms with Crippen molar-refractivity contribution in [3.63, 3.8) is 0 Å². The molecule has 1 saturated heterocycles. The quantitative estimate of drug-likeness (QED) is 0.337. The number of urea groups is 1. The van der Waals surface area contributed by atoms with Crippen molar-refractivity contribution in [1.29, 1.82) is 0 Å². The molecule has 30 heavy (non-hydrogen) atoms. The van der Waals surface area contributed by atoms with Gasteiger partial charge in [0.05, 0.1) is 24.5 Å². The number of hydrogen-bond acceptors (Lipinski definition) is 7. The first kappa shape index (κ1) is 23.2. The Hall–Kier alpha value is -3.12. The van der Waals surface area contributed by atoms with Crippen LogP contribution in [0.2, 0.25) is 0 Å². The van der Waals surface area contributed by atoms with E-state index in [1.807, 2.05) is 6.92 Å². The standard InChI is InChI=1S/C18H27FN6O5/c1-4-24(8-7-21-23(3)17(27)22-29)16-6-5-13(9-15(16)19)25-11-14(30-18(25)28)10-20-12(2)26/h5-6,9,14,21,29H,4,7-8,10-11H2,1-3H3,(H,20,26)(H,22,27)/t14-/m0/s1. The summed E-state index contributed by atoms with van der Waals surface area (Å²) in [6.07, 6.45) is -1.10. The number of likely N-dealkylation sites (N-methyl/N-ethyl adjacent to an activating group) is 1. The molecule has 1 aromatic rings. The molecule has 166 valence electrons. The second kappa shape index (κ2) is 10.6. The Kier molecular flexibility index (Phi) is 8.18. The molecule has 0 radical (unpaired) electrons. The number of ether oxygens (including phenoxy) is 1. The van der Waals surface area contributed by atoms with E-state index in [4.69, 9.17) is 9.94 Å². The van der Waals surface area contributed by atoms with E-state index in [1.54, 1.807) is 17.0 Å². The maximum atomic E-state index is 14.8. The summed E-state index contributed by atoms with van der Waals surface area (Å²) in [6.45, 7) is 4.86. The number of carbonyl (C=O) groups excluding carboxylic acids is 3. The van der Waals surface area contributed by atoms with Crippen molar-refractivity contribution in [3.05, 3.63) is 24.0 Å². The largest absolute Gasteiger partial charge is 0.442 e. The summed E-state index contributed by atoms with van der Waals surface area (Å²) in [7, 11) is 1.44. The number of nitrogens with one attached hydrogen (secondary N) is 3. The predicted molar refractivity (Wildman–Crippen MR) is 107 cm³/mol. The molecular weight excluding hydrogens is 399 g/mol. The highest BCUT2D eigenvalue weighted by Gasteiger charge is 2.32. The number of hydroxylamine groups is 1. The van der Waals surface area contributed by atoms with Gasteiger partial charge in [0, 0.05) is 33.6 Å². The van der Waals surface area contributed by atoms with Crippen LogP contribution in [0.3, 0.4) is 0 Å². The van der Waals surface area contributed by atoms with E-state index in [-0.39, 0.29) is 19.0 Å². The highest BCUT2D eigenvalue weighted by Crippen LogP contribution is 2.27. The van der Waals surface area contributed by atoms with Gasteiger partial charge in [-0.25, -0.2) is 24.9 Å². The number of carbonyl (C=O) groups is 3. The average Bonchev–Trinajstić information content (AvgIpc) is 3.09.